The Balaban J connectivity index is 2.37. The topological polar surface area (TPSA) is 73.1 Å². The van der Waals surface area contributed by atoms with Crippen LogP contribution in [0.4, 0.5) is 0 Å². The van der Waals surface area contributed by atoms with Gasteiger partial charge in [-0.1, -0.05) is 6.07 Å². The molecule has 1 heterocycles. The number of primary amides is 1. The molecule has 1 saturated carbocycles. The molecule has 0 bridgehead atoms. The molecule has 1 aromatic heterocycles. The summed E-state index contributed by atoms with van der Waals surface area (Å²) < 4.78 is 0. The van der Waals surface area contributed by atoms with E-state index in [2.05, 4.69) is 4.98 Å². The lowest BCUT2D eigenvalue weighted by molar-refractivity contribution is -0.128. The van der Waals surface area contributed by atoms with Crippen LogP contribution >= 0.6 is 0 Å². The molecule has 0 aromatic carbocycles. The van der Waals surface area contributed by atoms with Gasteiger partial charge in [-0.05, 0) is 25.0 Å². The summed E-state index contributed by atoms with van der Waals surface area (Å²) in [5.41, 5.74) is 5.44. The number of amides is 1. The largest absolute Gasteiger partial charge is 0.369 e. The molecule has 0 atom stereocenters. The van der Waals surface area contributed by atoms with Gasteiger partial charge in [0.2, 0.25) is 5.91 Å². The van der Waals surface area contributed by atoms with E-state index in [-0.39, 0.29) is 11.7 Å². The Morgan fingerprint density at radius 2 is 2.00 bits per heavy atom. The number of ketones is 1. The first-order valence-corrected chi connectivity index (χ1v) is 5.38. The van der Waals surface area contributed by atoms with Crippen molar-refractivity contribution in [2.75, 3.05) is 0 Å². The Morgan fingerprint density at radius 1 is 1.31 bits per heavy atom. The molecule has 1 aliphatic rings. The summed E-state index contributed by atoms with van der Waals surface area (Å²) in [6, 6.07) is 5.44. The monoisotopic (exact) mass is 218 g/mol. The van der Waals surface area contributed by atoms with Crippen molar-refractivity contribution in [3.63, 3.8) is 0 Å². The highest BCUT2D eigenvalue weighted by atomic mass is 16.1. The van der Waals surface area contributed by atoms with E-state index in [1.54, 1.807) is 18.3 Å². The second-order valence-corrected chi connectivity index (χ2v) is 4.20. The van der Waals surface area contributed by atoms with E-state index >= 15 is 0 Å². The maximum absolute atomic E-state index is 11.7. The summed E-state index contributed by atoms with van der Waals surface area (Å²) in [6.45, 7) is 0. The Morgan fingerprint density at radius 3 is 2.50 bits per heavy atom. The molecule has 2 N–H and O–H groups in total. The smallest absolute Gasteiger partial charge is 0.229 e. The van der Waals surface area contributed by atoms with Crippen LogP contribution in [0.5, 0.6) is 0 Å². The predicted molar refractivity (Wildman–Crippen MR) is 58.6 cm³/mol. The maximum Gasteiger partial charge on any atom is 0.229 e. The van der Waals surface area contributed by atoms with Gasteiger partial charge in [0.1, 0.15) is 5.78 Å². The highest BCUT2D eigenvalue weighted by Gasteiger charge is 2.42. The van der Waals surface area contributed by atoms with E-state index in [4.69, 9.17) is 5.73 Å². The Kier molecular flexibility index (Phi) is 2.73. The third-order valence-corrected chi connectivity index (χ3v) is 3.29. The van der Waals surface area contributed by atoms with Crippen LogP contribution in [0, 0.1) is 0 Å². The van der Waals surface area contributed by atoms with Crippen molar-refractivity contribution in [1.82, 2.24) is 4.98 Å². The lowest BCUT2D eigenvalue weighted by Gasteiger charge is -2.32. The molecule has 0 saturated heterocycles. The molecule has 0 unspecified atom stereocenters. The molecule has 1 aliphatic carbocycles. The van der Waals surface area contributed by atoms with Crippen LogP contribution in [0.15, 0.2) is 24.4 Å². The fourth-order valence-electron chi connectivity index (χ4n) is 2.23. The third-order valence-electron chi connectivity index (χ3n) is 3.29. The van der Waals surface area contributed by atoms with E-state index in [9.17, 15) is 9.59 Å². The van der Waals surface area contributed by atoms with E-state index in [1.807, 2.05) is 6.07 Å². The molecular weight excluding hydrogens is 204 g/mol. The minimum Gasteiger partial charge on any atom is -0.369 e. The van der Waals surface area contributed by atoms with Crippen molar-refractivity contribution < 1.29 is 9.59 Å². The summed E-state index contributed by atoms with van der Waals surface area (Å²) >= 11 is 0. The molecule has 4 heteroatoms. The lowest BCUT2D eigenvalue weighted by Crippen LogP contribution is -2.44. The summed E-state index contributed by atoms with van der Waals surface area (Å²) in [7, 11) is 0. The summed E-state index contributed by atoms with van der Waals surface area (Å²) in [5.74, 6) is -0.175. The minimum absolute atomic E-state index is 0.202. The standard InChI is InChI=1S/C12H14N2O2/c13-11(16)12(6-4-9(15)5-7-12)10-3-1-2-8-14-10/h1-3,8H,4-7H2,(H2,13,16). The number of Topliss-reactive ketones (excluding diaryl/α,β-unsaturated/α-hetero) is 1. The van der Waals surface area contributed by atoms with Crippen LogP contribution in [0.1, 0.15) is 31.4 Å². The number of nitrogens with zero attached hydrogens (tertiary/aromatic N) is 1. The first kappa shape index (κ1) is 10.8. The third kappa shape index (κ3) is 1.71. The van der Waals surface area contributed by atoms with E-state index < -0.39 is 5.41 Å². The van der Waals surface area contributed by atoms with Gasteiger partial charge in [0.25, 0.3) is 0 Å². The molecule has 1 fully saturated rings. The van der Waals surface area contributed by atoms with Crippen molar-refractivity contribution in [3.8, 4) is 0 Å². The van der Waals surface area contributed by atoms with Crippen molar-refractivity contribution in [3.05, 3.63) is 30.1 Å². The van der Waals surface area contributed by atoms with Crippen LogP contribution in [0.25, 0.3) is 0 Å². The van der Waals surface area contributed by atoms with Crippen LogP contribution in [0.3, 0.4) is 0 Å². The molecule has 1 aromatic rings. The zero-order valence-corrected chi connectivity index (χ0v) is 8.98. The van der Waals surface area contributed by atoms with Gasteiger partial charge >= 0.3 is 0 Å². The number of carbonyl (C=O) groups excluding carboxylic acids is 2. The Labute approximate surface area is 93.9 Å². The van der Waals surface area contributed by atoms with Gasteiger partial charge in [-0.25, -0.2) is 0 Å². The molecule has 16 heavy (non-hydrogen) atoms. The number of hydrogen-bond donors (Lipinski definition) is 1. The maximum atomic E-state index is 11.7. The Bertz CT molecular complexity index is 404. The number of rotatable bonds is 2. The van der Waals surface area contributed by atoms with Gasteiger partial charge in [-0.3, -0.25) is 14.6 Å². The van der Waals surface area contributed by atoms with Crippen molar-refractivity contribution >= 4 is 11.7 Å². The number of nitrogens with two attached hydrogens (primary N) is 1. The van der Waals surface area contributed by atoms with Crippen molar-refractivity contribution in [2.45, 2.75) is 31.1 Å². The minimum atomic E-state index is -0.741. The van der Waals surface area contributed by atoms with E-state index in [1.165, 1.54) is 0 Å². The lowest BCUT2D eigenvalue weighted by atomic mass is 9.70. The summed E-state index contributed by atoms with van der Waals surface area (Å²) in [6.07, 6.45) is 3.45. The first-order chi connectivity index (χ1) is 7.65. The summed E-state index contributed by atoms with van der Waals surface area (Å²) in [5, 5.41) is 0. The SMILES string of the molecule is NC(=O)C1(c2ccccn2)CCC(=O)CC1. The molecule has 2 rings (SSSR count). The number of pyridine rings is 1. The van der Waals surface area contributed by atoms with Crippen LogP contribution in [-0.2, 0) is 15.0 Å². The van der Waals surface area contributed by atoms with Gasteiger partial charge in [0.15, 0.2) is 0 Å². The normalized spacial score (nSPS) is 19.4. The van der Waals surface area contributed by atoms with Crippen molar-refractivity contribution in [1.29, 1.82) is 0 Å². The zero-order valence-electron chi connectivity index (χ0n) is 8.98. The molecule has 1 amide bonds. The fourth-order valence-corrected chi connectivity index (χ4v) is 2.23. The first-order valence-electron chi connectivity index (χ1n) is 5.38. The van der Waals surface area contributed by atoms with Crippen LogP contribution < -0.4 is 5.73 Å². The predicted octanol–water partition coefficient (Wildman–Crippen LogP) is 0.948. The zero-order chi connectivity index (χ0) is 11.6. The second-order valence-electron chi connectivity index (χ2n) is 4.20. The quantitative estimate of drug-likeness (QED) is 0.803. The van der Waals surface area contributed by atoms with Gasteiger partial charge in [0.05, 0.1) is 11.1 Å². The highest BCUT2D eigenvalue weighted by Crippen LogP contribution is 2.36. The van der Waals surface area contributed by atoms with Gasteiger partial charge < -0.3 is 5.73 Å². The number of aromatic nitrogens is 1. The fraction of sp³-hybridized carbons (Fsp3) is 0.417. The molecule has 0 aliphatic heterocycles. The number of hydrogen-bond acceptors (Lipinski definition) is 3. The average Bonchev–Trinajstić information content (AvgIpc) is 2.31. The molecule has 0 radical (unpaired) electrons. The Hall–Kier alpha value is -1.71. The summed E-state index contributed by atoms with van der Waals surface area (Å²) in [4.78, 5) is 27.1. The number of carbonyl (C=O) groups is 2. The molecule has 0 spiro atoms. The molecule has 4 nitrogen and oxygen atoms in total. The molecule has 84 valence electrons. The van der Waals surface area contributed by atoms with Crippen LogP contribution in [0.2, 0.25) is 0 Å². The van der Waals surface area contributed by atoms with E-state index in [0.29, 0.717) is 31.4 Å². The second kappa shape index (κ2) is 4.04. The van der Waals surface area contributed by atoms with Gasteiger partial charge in [-0.2, -0.15) is 0 Å². The highest BCUT2D eigenvalue weighted by molar-refractivity contribution is 5.90. The van der Waals surface area contributed by atoms with Gasteiger partial charge in [0, 0.05) is 19.0 Å². The van der Waals surface area contributed by atoms with Crippen molar-refractivity contribution in [2.24, 2.45) is 5.73 Å². The average molecular weight is 218 g/mol. The van der Waals surface area contributed by atoms with Crippen LogP contribution in [-0.4, -0.2) is 16.7 Å². The van der Waals surface area contributed by atoms with E-state index in [0.717, 1.165) is 0 Å². The van der Waals surface area contributed by atoms with Gasteiger partial charge in [-0.15, -0.1) is 0 Å². The molecular formula is C12H14N2O2.